The molecule has 2 rings (SSSR count). The average Bonchev–Trinajstić information content (AvgIpc) is 3.01. The Morgan fingerprint density at radius 3 is 2.79 bits per heavy atom. The normalized spacial score (nSPS) is 18.4. The average molecular weight is 359 g/mol. The van der Waals surface area contributed by atoms with Gasteiger partial charge in [-0.1, -0.05) is 50.1 Å². The summed E-state index contributed by atoms with van der Waals surface area (Å²) < 4.78 is 26.7. The van der Waals surface area contributed by atoms with Crippen molar-refractivity contribution in [3.63, 3.8) is 0 Å². The highest BCUT2D eigenvalue weighted by molar-refractivity contribution is 7.77. The van der Waals surface area contributed by atoms with Crippen molar-refractivity contribution in [1.29, 1.82) is 0 Å². The summed E-state index contributed by atoms with van der Waals surface area (Å²) in [7, 11) is 0. The van der Waals surface area contributed by atoms with E-state index >= 15 is 0 Å². The molecular weight excluding hydrogens is 334 g/mol. The lowest BCUT2D eigenvalue weighted by molar-refractivity contribution is -0.137. The lowest BCUT2D eigenvalue weighted by Crippen LogP contribution is -2.16. The maximum Gasteiger partial charge on any atom is 0.304 e. The lowest BCUT2D eigenvalue weighted by Gasteiger charge is -2.21. The number of nitrogens with zero attached hydrogens (tertiary/aromatic N) is 2. The molecule has 1 aromatic heterocycles. The summed E-state index contributed by atoms with van der Waals surface area (Å²) in [6, 6.07) is 0. The number of aliphatic carboxylic acids is 1. The summed E-state index contributed by atoms with van der Waals surface area (Å²) in [5, 5.41) is 12.8. The molecule has 9 heteroatoms. The second-order valence-electron chi connectivity index (χ2n) is 6.35. The molecule has 1 aliphatic carbocycles. The first-order valence-electron chi connectivity index (χ1n) is 8.43. The minimum atomic E-state index is -2.15. The van der Waals surface area contributed by atoms with Crippen molar-refractivity contribution in [3.05, 3.63) is 11.7 Å². The Morgan fingerprint density at radius 1 is 1.38 bits per heavy atom. The zero-order valence-electron chi connectivity index (χ0n) is 13.6. The first kappa shape index (κ1) is 19.0. The largest absolute Gasteiger partial charge is 0.481 e. The molecule has 0 radical (unpaired) electrons. The summed E-state index contributed by atoms with van der Waals surface area (Å²) >= 11 is -2.15. The first-order chi connectivity index (χ1) is 11.5. The second-order valence-corrected chi connectivity index (χ2v) is 7.14. The van der Waals surface area contributed by atoms with Gasteiger partial charge in [-0.05, 0) is 12.3 Å². The van der Waals surface area contributed by atoms with Crippen molar-refractivity contribution in [2.45, 2.75) is 70.3 Å². The van der Waals surface area contributed by atoms with E-state index in [-0.39, 0.29) is 24.7 Å². The van der Waals surface area contributed by atoms with Crippen LogP contribution in [0.2, 0.25) is 0 Å². The summed E-state index contributed by atoms with van der Waals surface area (Å²) in [5.41, 5.74) is 0. The van der Waals surface area contributed by atoms with Crippen molar-refractivity contribution >= 4 is 17.2 Å². The number of hydrogen-bond acceptors (Lipinski definition) is 5. The van der Waals surface area contributed by atoms with Crippen molar-refractivity contribution < 1.29 is 23.2 Å². The fraction of sp³-hybridized carbons (Fsp3) is 0.800. The van der Waals surface area contributed by atoms with Gasteiger partial charge in [-0.25, -0.2) is 8.93 Å². The molecule has 1 aromatic rings. The highest BCUT2D eigenvalue weighted by Crippen LogP contribution is 2.31. The van der Waals surface area contributed by atoms with Gasteiger partial charge in [0, 0.05) is 5.92 Å². The van der Waals surface area contributed by atoms with Crippen LogP contribution in [0.1, 0.15) is 75.4 Å². The van der Waals surface area contributed by atoms with E-state index in [0.29, 0.717) is 12.3 Å². The van der Waals surface area contributed by atoms with Crippen LogP contribution >= 0.6 is 0 Å². The number of aromatic nitrogens is 2. The summed E-state index contributed by atoms with van der Waals surface area (Å²) in [5.74, 6) is 0.0850. The Hall–Kier alpha value is -1.32. The Kier molecular flexibility index (Phi) is 7.80. The van der Waals surface area contributed by atoms with Crippen LogP contribution in [-0.4, -0.2) is 30.0 Å². The van der Waals surface area contributed by atoms with Gasteiger partial charge in [0.2, 0.25) is 17.2 Å². The third-order valence-corrected chi connectivity index (χ3v) is 4.89. The second kappa shape index (κ2) is 9.85. The molecule has 136 valence electrons. The van der Waals surface area contributed by atoms with Crippen LogP contribution < -0.4 is 4.72 Å². The van der Waals surface area contributed by atoms with Gasteiger partial charge >= 0.3 is 5.97 Å². The van der Waals surface area contributed by atoms with Gasteiger partial charge in [0.05, 0.1) is 13.0 Å². The Balaban J connectivity index is 1.87. The molecule has 1 saturated carbocycles. The smallest absolute Gasteiger partial charge is 0.304 e. The van der Waals surface area contributed by atoms with Crippen molar-refractivity contribution in [2.75, 3.05) is 0 Å². The maximum absolute atomic E-state index is 11.1. The zero-order chi connectivity index (χ0) is 17.4. The van der Waals surface area contributed by atoms with Crippen molar-refractivity contribution in [1.82, 2.24) is 14.9 Å². The molecule has 2 atom stereocenters. The summed E-state index contributed by atoms with van der Waals surface area (Å²) in [4.78, 5) is 15.2. The Morgan fingerprint density at radius 2 is 2.12 bits per heavy atom. The van der Waals surface area contributed by atoms with Crippen molar-refractivity contribution in [3.8, 4) is 0 Å². The molecular formula is C15H25N3O5S. The van der Waals surface area contributed by atoms with Crippen molar-refractivity contribution in [2.24, 2.45) is 5.92 Å². The van der Waals surface area contributed by atoms with E-state index in [9.17, 15) is 9.00 Å². The molecule has 24 heavy (non-hydrogen) atoms. The molecule has 0 aliphatic heterocycles. The van der Waals surface area contributed by atoms with Crippen LogP contribution in [0.3, 0.4) is 0 Å². The molecule has 0 bridgehead atoms. The highest BCUT2D eigenvalue weighted by Gasteiger charge is 2.23. The lowest BCUT2D eigenvalue weighted by atomic mass is 9.84. The quantitative estimate of drug-likeness (QED) is 0.548. The van der Waals surface area contributed by atoms with E-state index in [1.54, 1.807) is 0 Å². The van der Waals surface area contributed by atoms with E-state index in [1.165, 1.54) is 32.1 Å². The van der Waals surface area contributed by atoms with E-state index in [0.717, 1.165) is 18.8 Å². The summed E-state index contributed by atoms with van der Waals surface area (Å²) in [6.07, 6.45) is 9.19. The molecule has 1 heterocycles. The molecule has 1 aliphatic rings. The number of carbonyl (C=O) groups is 1. The molecule has 1 fully saturated rings. The highest BCUT2D eigenvalue weighted by atomic mass is 32.2. The Labute approximate surface area is 143 Å². The topological polar surface area (TPSA) is 126 Å². The summed E-state index contributed by atoms with van der Waals surface area (Å²) in [6.45, 7) is -0.00548. The van der Waals surface area contributed by atoms with Crippen LogP contribution in [0.4, 0.5) is 0 Å². The van der Waals surface area contributed by atoms with Gasteiger partial charge < -0.3 is 9.63 Å². The van der Waals surface area contributed by atoms with Gasteiger partial charge in [0.25, 0.3) is 0 Å². The van der Waals surface area contributed by atoms with E-state index in [2.05, 4.69) is 14.9 Å². The zero-order valence-corrected chi connectivity index (χ0v) is 14.5. The SMILES string of the molecule is O=C(O)CC(CCCC1CCCCC1)c1nc(CNS(=O)O)no1. The van der Waals surface area contributed by atoms with Gasteiger partial charge in [0.1, 0.15) is 0 Å². The maximum atomic E-state index is 11.1. The molecule has 0 saturated heterocycles. The standard InChI is InChI=1S/C15H25N3O5S/c19-14(20)9-12(8-4-7-11-5-2-1-3-6-11)15-17-13(18-23-15)10-16-24(21)22/h11-12,16H,1-10H2,(H,19,20)(H,21,22). The molecule has 3 N–H and O–H groups in total. The Bertz CT molecular complexity index is 545. The molecule has 2 unspecified atom stereocenters. The fourth-order valence-corrected chi connectivity index (χ4v) is 3.54. The number of carboxylic acids is 1. The monoisotopic (exact) mass is 359 g/mol. The third kappa shape index (κ3) is 6.66. The van der Waals surface area contributed by atoms with E-state index in [4.69, 9.17) is 14.2 Å². The number of nitrogens with one attached hydrogen (secondary N) is 1. The molecule has 0 aromatic carbocycles. The van der Waals surface area contributed by atoms with Crippen LogP contribution in [0.15, 0.2) is 4.52 Å². The van der Waals surface area contributed by atoms with E-state index in [1.807, 2.05) is 0 Å². The first-order valence-corrected chi connectivity index (χ1v) is 9.54. The number of rotatable bonds is 10. The number of carboxylic acid groups (broad SMARTS) is 1. The van der Waals surface area contributed by atoms with E-state index < -0.39 is 17.2 Å². The molecule has 0 amide bonds. The van der Waals surface area contributed by atoms with Gasteiger partial charge in [0.15, 0.2) is 5.82 Å². The van der Waals surface area contributed by atoms with Gasteiger partial charge in [-0.3, -0.25) is 9.35 Å². The van der Waals surface area contributed by atoms with Gasteiger partial charge in [-0.2, -0.15) is 4.98 Å². The molecule has 8 nitrogen and oxygen atoms in total. The van der Waals surface area contributed by atoms with Crippen LogP contribution in [0, 0.1) is 5.92 Å². The minimum Gasteiger partial charge on any atom is -0.481 e. The predicted molar refractivity (Wildman–Crippen MR) is 87.3 cm³/mol. The van der Waals surface area contributed by atoms with Crippen LogP contribution in [-0.2, 0) is 22.6 Å². The fourth-order valence-electron chi connectivity index (χ4n) is 3.28. The number of hydrogen-bond donors (Lipinski definition) is 3. The minimum absolute atomic E-state index is 0.00548. The molecule has 0 spiro atoms. The predicted octanol–water partition coefficient (Wildman–Crippen LogP) is 2.60. The third-order valence-electron chi connectivity index (χ3n) is 4.50. The van der Waals surface area contributed by atoms with Crippen LogP contribution in [0.25, 0.3) is 0 Å². The van der Waals surface area contributed by atoms with Crippen LogP contribution in [0.5, 0.6) is 0 Å². The van der Waals surface area contributed by atoms with Gasteiger partial charge in [-0.15, -0.1) is 0 Å².